The smallest absolute Gasteiger partial charge is 0.139 e. The molecule has 0 aliphatic heterocycles. The van der Waals surface area contributed by atoms with Crippen LogP contribution in [0.15, 0.2) is 18.2 Å². The second-order valence-electron chi connectivity index (χ2n) is 3.33. The summed E-state index contributed by atoms with van der Waals surface area (Å²) in [6.07, 6.45) is -0.0917. The normalized spacial score (nSPS) is 12.5. The summed E-state index contributed by atoms with van der Waals surface area (Å²) in [6.45, 7) is 1.17. The van der Waals surface area contributed by atoms with Gasteiger partial charge in [-0.15, -0.1) is 0 Å². The van der Waals surface area contributed by atoms with Gasteiger partial charge in [-0.05, 0) is 19.2 Å². The number of hydrogen-bond acceptors (Lipinski definition) is 3. The molecule has 16 heavy (non-hydrogen) atoms. The SMILES string of the molecule is CNCC(COC)Oc1cc(Cl)ccc1Cl. The molecule has 3 nitrogen and oxygen atoms in total. The highest BCUT2D eigenvalue weighted by Crippen LogP contribution is 2.28. The number of methoxy groups -OCH3 is 1. The molecule has 0 heterocycles. The van der Waals surface area contributed by atoms with Gasteiger partial charge < -0.3 is 14.8 Å². The monoisotopic (exact) mass is 263 g/mol. The van der Waals surface area contributed by atoms with Crippen molar-refractivity contribution in [1.82, 2.24) is 5.32 Å². The maximum atomic E-state index is 6.00. The summed E-state index contributed by atoms with van der Waals surface area (Å²) in [4.78, 5) is 0. The van der Waals surface area contributed by atoms with Crippen LogP contribution >= 0.6 is 23.2 Å². The van der Waals surface area contributed by atoms with Crippen molar-refractivity contribution in [1.29, 1.82) is 0 Å². The Labute approximate surface area is 106 Å². The van der Waals surface area contributed by atoms with Crippen LogP contribution in [0.1, 0.15) is 0 Å². The quantitative estimate of drug-likeness (QED) is 0.856. The molecule has 1 unspecified atom stereocenters. The number of ether oxygens (including phenoxy) is 2. The average Bonchev–Trinajstić information content (AvgIpc) is 2.24. The Morgan fingerprint density at radius 2 is 2.12 bits per heavy atom. The highest BCUT2D eigenvalue weighted by molar-refractivity contribution is 6.34. The van der Waals surface area contributed by atoms with E-state index in [0.29, 0.717) is 28.9 Å². The topological polar surface area (TPSA) is 30.5 Å². The van der Waals surface area contributed by atoms with Gasteiger partial charge in [-0.2, -0.15) is 0 Å². The molecule has 0 amide bonds. The second-order valence-corrected chi connectivity index (χ2v) is 4.17. The van der Waals surface area contributed by atoms with Crippen molar-refractivity contribution in [2.75, 3.05) is 27.3 Å². The van der Waals surface area contributed by atoms with Crippen molar-refractivity contribution in [3.05, 3.63) is 28.2 Å². The molecule has 0 aliphatic carbocycles. The van der Waals surface area contributed by atoms with Crippen LogP contribution in [0, 0.1) is 0 Å². The zero-order valence-corrected chi connectivity index (χ0v) is 10.8. The van der Waals surface area contributed by atoms with Crippen molar-refractivity contribution in [3.63, 3.8) is 0 Å². The minimum atomic E-state index is -0.0917. The van der Waals surface area contributed by atoms with E-state index in [1.54, 1.807) is 25.3 Å². The minimum Gasteiger partial charge on any atom is -0.485 e. The zero-order valence-electron chi connectivity index (χ0n) is 9.30. The lowest BCUT2D eigenvalue weighted by atomic mass is 10.3. The third-order valence-corrected chi connectivity index (χ3v) is 2.52. The van der Waals surface area contributed by atoms with Gasteiger partial charge in [0.2, 0.25) is 0 Å². The van der Waals surface area contributed by atoms with Crippen molar-refractivity contribution in [2.45, 2.75) is 6.10 Å². The molecule has 0 saturated carbocycles. The maximum absolute atomic E-state index is 6.00. The molecule has 1 N–H and O–H groups in total. The summed E-state index contributed by atoms with van der Waals surface area (Å²) in [7, 11) is 3.48. The van der Waals surface area contributed by atoms with Gasteiger partial charge in [0, 0.05) is 24.7 Å². The summed E-state index contributed by atoms with van der Waals surface area (Å²) in [5.41, 5.74) is 0. The molecule has 0 saturated heterocycles. The first-order valence-corrected chi connectivity index (χ1v) is 5.68. The zero-order chi connectivity index (χ0) is 12.0. The van der Waals surface area contributed by atoms with E-state index >= 15 is 0 Å². The van der Waals surface area contributed by atoms with Crippen molar-refractivity contribution >= 4 is 23.2 Å². The van der Waals surface area contributed by atoms with Gasteiger partial charge >= 0.3 is 0 Å². The van der Waals surface area contributed by atoms with Gasteiger partial charge in [-0.25, -0.2) is 0 Å². The van der Waals surface area contributed by atoms with E-state index in [9.17, 15) is 0 Å². The highest BCUT2D eigenvalue weighted by atomic mass is 35.5. The Kier molecular flexibility index (Phi) is 5.91. The van der Waals surface area contributed by atoms with Crippen LogP contribution in [0.2, 0.25) is 10.0 Å². The molecule has 1 aromatic rings. The van der Waals surface area contributed by atoms with Gasteiger partial charge in [0.25, 0.3) is 0 Å². The summed E-state index contributed by atoms with van der Waals surface area (Å²) >= 11 is 11.9. The Bertz CT molecular complexity index is 328. The fraction of sp³-hybridized carbons (Fsp3) is 0.455. The number of halogens is 2. The first-order chi connectivity index (χ1) is 7.67. The number of benzene rings is 1. The van der Waals surface area contributed by atoms with Gasteiger partial charge in [0.05, 0.1) is 11.6 Å². The molecule has 90 valence electrons. The number of likely N-dealkylation sites (N-methyl/N-ethyl adjacent to an activating group) is 1. The molecule has 1 aromatic carbocycles. The first-order valence-electron chi connectivity index (χ1n) is 4.92. The Hall–Kier alpha value is -0.480. The average molecular weight is 264 g/mol. The predicted octanol–water partition coefficient (Wildman–Crippen LogP) is 2.61. The lowest BCUT2D eigenvalue weighted by Crippen LogP contribution is -2.33. The van der Waals surface area contributed by atoms with E-state index in [1.807, 2.05) is 7.05 Å². The van der Waals surface area contributed by atoms with Gasteiger partial charge in [-0.1, -0.05) is 23.2 Å². The summed E-state index contributed by atoms with van der Waals surface area (Å²) in [5.74, 6) is 0.575. The largest absolute Gasteiger partial charge is 0.485 e. The van der Waals surface area contributed by atoms with Gasteiger partial charge in [0.1, 0.15) is 11.9 Å². The van der Waals surface area contributed by atoms with E-state index in [1.165, 1.54) is 0 Å². The van der Waals surface area contributed by atoms with Crippen molar-refractivity contribution in [2.24, 2.45) is 0 Å². The molecule has 0 aliphatic rings. The minimum absolute atomic E-state index is 0.0917. The molecule has 0 spiro atoms. The summed E-state index contributed by atoms with van der Waals surface area (Å²) in [5, 5.41) is 4.17. The fourth-order valence-corrected chi connectivity index (χ4v) is 1.62. The van der Waals surface area contributed by atoms with Crippen molar-refractivity contribution in [3.8, 4) is 5.75 Å². The standard InChI is InChI=1S/C11H15Cl2NO2/c1-14-6-9(7-15-2)16-11-5-8(12)3-4-10(11)13/h3-5,9,14H,6-7H2,1-2H3. The van der Waals surface area contributed by atoms with E-state index in [0.717, 1.165) is 0 Å². The van der Waals surface area contributed by atoms with E-state index in [4.69, 9.17) is 32.7 Å². The highest BCUT2D eigenvalue weighted by Gasteiger charge is 2.11. The molecule has 0 bridgehead atoms. The summed E-state index contributed by atoms with van der Waals surface area (Å²) < 4.78 is 10.8. The van der Waals surface area contributed by atoms with E-state index in [-0.39, 0.29) is 6.10 Å². The van der Waals surface area contributed by atoms with Gasteiger partial charge in [0.15, 0.2) is 0 Å². The van der Waals surface area contributed by atoms with Crippen LogP contribution in [0.3, 0.4) is 0 Å². The van der Waals surface area contributed by atoms with Crippen LogP contribution in [-0.2, 0) is 4.74 Å². The molecular formula is C11H15Cl2NO2. The molecule has 0 fully saturated rings. The van der Waals surface area contributed by atoms with Crippen LogP contribution in [0.5, 0.6) is 5.75 Å². The number of hydrogen-bond donors (Lipinski definition) is 1. The second kappa shape index (κ2) is 6.97. The summed E-state index contributed by atoms with van der Waals surface area (Å²) in [6, 6.07) is 5.13. The van der Waals surface area contributed by atoms with Gasteiger partial charge in [-0.3, -0.25) is 0 Å². The molecular weight excluding hydrogens is 249 g/mol. The van der Waals surface area contributed by atoms with E-state index < -0.39 is 0 Å². The molecule has 1 atom stereocenters. The van der Waals surface area contributed by atoms with Crippen LogP contribution in [-0.4, -0.2) is 33.4 Å². The molecule has 1 rings (SSSR count). The fourth-order valence-electron chi connectivity index (χ4n) is 1.30. The molecule has 5 heteroatoms. The number of rotatable bonds is 6. The van der Waals surface area contributed by atoms with Crippen LogP contribution < -0.4 is 10.1 Å². The first kappa shape index (κ1) is 13.6. The maximum Gasteiger partial charge on any atom is 0.139 e. The molecule has 0 aromatic heterocycles. The Balaban J connectivity index is 2.71. The Morgan fingerprint density at radius 1 is 1.38 bits per heavy atom. The van der Waals surface area contributed by atoms with Crippen LogP contribution in [0.4, 0.5) is 0 Å². The van der Waals surface area contributed by atoms with Crippen LogP contribution in [0.25, 0.3) is 0 Å². The predicted molar refractivity (Wildman–Crippen MR) is 66.7 cm³/mol. The van der Waals surface area contributed by atoms with Crippen molar-refractivity contribution < 1.29 is 9.47 Å². The third-order valence-electron chi connectivity index (χ3n) is 1.97. The number of nitrogens with one attached hydrogen (secondary N) is 1. The lowest BCUT2D eigenvalue weighted by molar-refractivity contribution is 0.0819. The molecule has 0 radical (unpaired) electrons. The third kappa shape index (κ3) is 4.18. The Morgan fingerprint density at radius 3 is 2.75 bits per heavy atom. The lowest BCUT2D eigenvalue weighted by Gasteiger charge is -2.18. The van der Waals surface area contributed by atoms with E-state index in [2.05, 4.69) is 5.32 Å².